The monoisotopic (exact) mass is 412 g/mol. The molecule has 0 unspecified atom stereocenters. The van der Waals surface area contributed by atoms with E-state index in [9.17, 15) is 9.59 Å². The summed E-state index contributed by atoms with van der Waals surface area (Å²) in [6.45, 7) is 1.92. The van der Waals surface area contributed by atoms with Crippen molar-refractivity contribution in [2.45, 2.75) is 13.3 Å². The molecule has 0 saturated carbocycles. The molecule has 0 bridgehead atoms. The van der Waals surface area contributed by atoms with Gasteiger partial charge in [-0.3, -0.25) is 10.1 Å². The average Bonchev–Trinajstić information content (AvgIpc) is 3.14. The highest BCUT2D eigenvalue weighted by Gasteiger charge is 2.18. The Labute approximate surface area is 172 Å². The van der Waals surface area contributed by atoms with E-state index in [0.29, 0.717) is 34.2 Å². The fourth-order valence-corrected chi connectivity index (χ4v) is 3.35. The van der Waals surface area contributed by atoms with Gasteiger partial charge < -0.3 is 14.2 Å². The quantitative estimate of drug-likeness (QED) is 0.586. The van der Waals surface area contributed by atoms with Gasteiger partial charge in [-0.2, -0.15) is 4.98 Å². The fraction of sp³-hybridized carbons (Fsp3) is 0.190. The largest absolute Gasteiger partial charge is 0.497 e. The van der Waals surface area contributed by atoms with Crippen molar-refractivity contribution >= 4 is 28.3 Å². The Morgan fingerprint density at radius 1 is 1.00 bits per heavy atom. The zero-order valence-corrected chi connectivity index (χ0v) is 17.0. The number of aromatic nitrogens is 1. The van der Waals surface area contributed by atoms with Crippen LogP contribution in [-0.2, 0) is 6.42 Å². The Hall–Kier alpha value is -3.39. The van der Waals surface area contributed by atoms with Crippen LogP contribution in [0.3, 0.4) is 0 Å². The summed E-state index contributed by atoms with van der Waals surface area (Å²) >= 11 is 1.26. The van der Waals surface area contributed by atoms with Crippen LogP contribution in [0.5, 0.6) is 17.4 Å². The predicted molar refractivity (Wildman–Crippen MR) is 110 cm³/mol. The zero-order chi connectivity index (χ0) is 20.8. The van der Waals surface area contributed by atoms with Crippen LogP contribution < -0.4 is 19.5 Å². The molecule has 3 rings (SSSR count). The van der Waals surface area contributed by atoms with E-state index in [2.05, 4.69) is 10.3 Å². The Morgan fingerprint density at radius 3 is 2.24 bits per heavy atom. The van der Waals surface area contributed by atoms with Crippen LogP contribution >= 0.6 is 11.3 Å². The van der Waals surface area contributed by atoms with Crippen LogP contribution in [0.2, 0.25) is 0 Å². The summed E-state index contributed by atoms with van der Waals surface area (Å²) in [6, 6.07) is 13.5. The van der Waals surface area contributed by atoms with Crippen molar-refractivity contribution in [3.8, 4) is 17.4 Å². The van der Waals surface area contributed by atoms with Crippen molar-refractivity contribution in [3.05, 3.63) is 64.5 Å². The maximum Gasteiger partial charge on any atom is 0.345 e. The molecule has 0 aliphatic rings. The van der Waals surface area contributed by atoms with E-state index in [1.807, 2.05) is 6.92 Å². The Morgan fingerprint density at radius 2 is 1.62 bits per heavy atom. The first-order valence-corrected chi connectivity index (χ1v) is 9.67. The number of esters is 1. The van der Waals surface area contributed by atoms with Crippen LogP contribution in [-0.4, -0.2) is 31.1 Å². The second kappa shape index (κ2) is 9.20. The molecule has 8 heteroatoms. The van der Waals surface area contributed by atoms with Crippen molar-refractivity contribution in [2.75, 3.05) is 19.5 Å². The summed E-state index contributed by atoms with van der Waals surface area (Å²) in [5, 5.41) is 3.09. The summed E-state index contributed by atoms with van der Waals surface area (Å²) in [4.78, 5) is 30.0. The lowest BCUT2D eigenvalue weighted by Crippen LogP contribution is -2.12. The number of carbonyl (C=O) groups excluding carboxylic acids is 2. The van der Waals surface area contributed by atoms with Gasteiger partial charge in [-0.15, -0.1) is 0 Å². The van der Waals surface area contributed by atoms with Crippen LogP contribution in [0.4, 0.5) is 5.13 Å². The van der Waals surface area contributed by atoms with Gasteiger partial charge in [0.25, 0.3) is 5.91 Å². The molecule has 29 heavy (non-hydrogen) atoms. The highest BCUT2D eigenvalue weighted by Crippen LogP contribution is 2.30. The molecular formula is C21H20N2O5S. The minimum absolute atomic E-state index is 0.186. The Bertz CT molecular complexity index is 1030. The molecule has 0 saturated heterocycles. The van der Waals surface area contributed by atoms with Gasteiger partial charge in [0.15, 0.2) is 5.13 Å². The third kappa shape index (κ3) is 4.91. The molecule has 1 heterocycles. The lowest BCUT2D eigenvalue weighted by atomic mass is 10.2. The van der Waals surface area contributed by atoms with Crippen molar-refractivity contribution in [1.29, 1.82) is 0 Å². The smallest absolute Gasteiger partial charge is 0.345 e. The summed E-state index contributed by atoms with van der Waals surface area (Å²) in [5.41, 5.74) is 0.786. The number of methoxy groups -OCH3 is 2. The molecule has 150 valence electrons. The third-order valence-electron chi connectivity index (χ3n) is 4.03. The Kier molecular flexibility index (Phi) is 6.46. The van der Waals surface area contributed by atoms with Crippen molar-refractivity contribution in [2.24, 2.45) is 0 Å². The SMILES string of the molecule is CCc1sc(NC(=O)c2cccc(OC)c2)nc1OC(=O)c1cccc(OC)c1. The van der Waals surface area contributed by atoms with Crippen molar-refractivity contribution in [1.82, 2.24) is 4.98 Å². The number of rotatable bonds is 7. The molecule has 0 atom stereocenters. The second-order valence-electron chi connectivity index (χ2n) is 5.91. The zero-order valence-electron chi connectivity index (χ0n) is 16.2. The molecule has 0 radical (unpaired) electrons. The molecule has 1 N–H and O–H groups in total. The number of amides is 1. The van der Waals surface area contributed by atoms with Crippen molar-refractivity contribution in [3.63, 3.8) is 0 Å². The normalized spacial score (nSPS) is 10.3. The van der Waals surface area contributed by atoms with E-state index >= 15 is 0 Å². The maximum absolute atomic E-state index is 12.5. The van der Waals surface area contributed by atoms with E-state index in [0.717, 1.165) is 4.88 Å². The molecule has 1 amide bonds. The van der Waals surface area contributed by atoms with Gasteiger partial charge in [0.1, 0.15) is 11.5 Å². The first kappa shape index (κ1) is 20.3. The van der Waals surface area contributed by atoms with Crippen LogP contribution in [0.15, 0.2) is 48.5 Å². The molecular weight excluding hydrogens is 392 g/mol. The van der Waals surface area contributed by atoms with Gasteiger partial charge in [0.2, 0.25) is 5.88 Å². The lowest BCUT2D eigenvalue weighted by Gasteiger charge is -2.05. The van der Waals surface area contributed by atoms with Gasteiger partial charge in [-0.05, 0) is 42.8 Å². The van der Waals surface area contributed by atoms with Gasteiger partial charge in [-0.1, -0.05) is 30.4 Å². The van der Waals surface area contributed by atoms with E-state index in [1.165, 1.54) is 25.6 Å². The summed E-state index contributed by atoms with van der Waals surface area (Å²) in [5.74, 6) is 0.449. The number of carbonyl (C=O) groups is 2. The molecule has 3 aromatic rings. The minimum atomic E-state index is -0.547. The summed E-state index contributed by atoms with van der Waals surface area (Å²) < 4.78 is 15.7. The number of hydrogen-bond donors (Lipinski definition) is 1. The standard InChI is InChI=1S/C21H20N2O5S/c1-4-17-19(28-20(25)14-8-6-10-16(12-14)27-3)23-21(29-17)22-18(24)13-7-5-9-15(11-13)26-2/h5-12H,4H2,1-3H3,(H,22,23,24). The number of nitrogens with one attached hydrogen (secondary N) is 1. The van der Waals surface area contributed by atoms with Crippen LogP contribution in [0, 0.1) is 0 Å². The van der Waals surface area contributed by atoms with Gasteiger partial charge in [0.05, 0.1) is 24.7 Å². The van der Waals surface area contributed by atoms with E-state index in [1.54, 1.807) is 48.5 Å². The second-order valence-corrected chi connectivity index (χ2v) is 6.99. The van der Waals surface area contributed by atoms with E-state index in [-0.39, 0.29) is 11.8 Å². The van der Waals surface area contributed by atoms with Gasteiger partial charge in [-0.25, -0.2) is 4.79 Å². The Balaban J connectivity index is 1.76. The predicted octanol–water partition coefficient (Wildman–Crippen LogP) is 4.19. The fourth-order valence-electron chi connectivity index (χ4n) is 2.52. The number of anilines is 1. The molecule has 1 aromatic heterocycles. The number of ether oxygens (including phenoxy) is 3. The number of nitrogens with zero attached hydrogens (tertiary/aromatic N) is 1. The average molecular weight is 412 g/mol. The molecule has 0 aliphatic carbocycles. The van der Waals surface area contributed by atoms with Gasteiger partial charge in [0, 0.05) is 5.56 Å². The van der Waals surface area contributed by atoms with E-state index in [4.69, 9.17) is 14.2 Å². The molecule has 0 spiro atoms. The number of benzene rings is 2. The number of aryl methyl sites for hydroxylation is 1. The van der Waals surface area contributed by atoms with Crippen LogP contribution in [0.25, 0.3) is 0 Å². The molecule has 2 aromatic carbocycles. The molecule has 7 nitrogen and oxygen atoms in total. The third-order valence-corrected chi connectivity index (χ3v) is 5.13. The highest BCUT2D eigenvalue weighted by atomic mass is 32.1. The minimum Gasteiger partial charge on any atom is -0.497 e. The number of thiazole rings is 1. The first-order chi connectivity index (χ1) is 14.0. The number of hydrogen-bond acceptors (Lipinski definition) is 7. The molecule has 0 fully saturated rings. The molecule has 0 aliphatic heterocycles. The van der Waals surface area contributed by atoms with Crippen molar-refractivity contribution < 1.29 is 23.8 Å². The highest BCUT2D eigenvalue weighted by molar-refractivity contribution is 7.16. The van der Waals surface area contributed by atoms with E-state index < -0.39 is 5.97 Å². The topological polar surface area (TPSA) is 86.8 Å². The summed E-state index contributed by atoms with van der Waals surface area (Å²) in [7, 11) is 3.06. The van der Waals surface area contributed by atoms with Crippen LogP contribution in [0.1, 0.15) is 32.5 Å². The lowest BCUT2D eigenvalue weighted by molar-refractivity contribution is 0.0727. The van der Waals surface area contributed by atoms with Gasteiger partial charge >= 0.3 is 5.97 Å². The summed E-state index contributed by atoms with van der Waals surface area (Å²) in [6.07, 6.45) is 0.605. The maximum atomic E-state index is 12.5. The first-order valence-electron chi connectivity index (χ1n) is 8.85.